The lowest BCUT2D eigenvalue weighted by molar-refractivity contribution is 0.284. The number of azo groups is 1. The van der Waals surface area contributed by atoms with E-state index >= 15 is 0 Å². The number of nitrogens with zero attached hydrogens (tertiary/aromatic N) is 6. The number of benzene rings is 4. The second-order valence-electron chi connectivity index (χ2n) is 10.8. The molecule has 0 radical (unpaired) electrons. The molecule has 1 unspecified atom stereocenters. The molecule has 0 saturated carbocycles. The lowest BCUT2D eigenvalue weighted by atomic mass is 10.1. The Bertz CT molecular complexity index is 2650. The van der Waals surface area contributed by atoms with Crippen molar-refractivity contribution in [3.63, 3.8) is 0 Å². The third kappa shape index (κ3) is 9.58. The molecular formula is C31H28ClN7O11S4. The van der Waals surface area contributed by atoms with E-state index in [1.807, 2.05) is 6.92 Å². The standard InChI is InChI=1S/C31H28ClN7O11S4/c1-3-39(20-6-5-7-21(18-20)51(41)4-2)31-35-29(32)34-30(36-31)33-24-14-15-26(53(44,45)46)23-12-13-25(28(40)27(23)24)38-37-19-8-10-22(11-9-19)52(42,43)17-16-50-54(47,48)49/h4-15,18,40H,2-3,16-17H2,1H3,(H,44,45,46)(H,47,48,49)(H,33,34,35,36). The molecule has 1 atom stereocenters. The van der Waals surface area contributed by atoms with Crippen LogP contribution in [0.25, 0.3) is 10.8 Å². The molecule has 5 rings (SSSR count). The van der Waals surface area contributed by atoms with Gasteiger partial charge in [-0.2, -0.15) is 36.9 Å². The van der Waals surface area contributed by atoms with Crippen LogP contribution in [0, 0.1) is 0 Å². The molecule has 0 amide bonds. The van der Waals surface area contributed by atoms with Gasteiger partial charge in [0.1, 0.15) is 10.6 Å². The predicted molar refractivity (Wildman–Crippen MR) is 199 cm³/mol. The Morgan fingerprint density at radius 1 is 0.963 bits per heavy atom. The molecule has 0 fully saturated rings. The number of sulfone groups is 1. The third-order valence-electron chi connectivity index (χ3n) is 7.34. The van der Waals surface area contributed by atoms with Crippen molar-refractivity contribution in [1.29, 1.82) is 0 Å². The number of phenols is 1. The maximum Gasteiger partial charge on any atom is 0.397 e. The number of rotatable bonds is 15. The van der Waals surface area contributed by atoms with Crippen molar-refractivity contribution in [2.75, 3.05) is 29.1 Å². The van der Waals surface area contributed by atoms with Gasteiger partial charge in [-0.1, -0.05) is 18.7 Å². The minimum Gasteiger partial charge on any atom is -0.505 e. The summed E-state index contributed by atoms with van der Waals surface area (Å²) in [6.45, 7) is 4.91. The normalized spacial score (nSPS) is 12.9. The van der Waals surface area contributed by atoms with Gasteiger partial charge in [-0.05, 0) is 79.2 Å². The fourth-order valence-electron chi connectivity index (χ4n) is 4.95. The number of phenolic OH excluding ortho intramolecular Hbond substituents is 1. The number of halogens is 1. The van der Waals surface area contributed by atoms with Crippen molar-refractivity contribution in [1.82, 2.24) is 15.0 Å². The molecule has 4 N–H and O–H groups in total. The summed E-state index contributed by atoms with van der Waals surface area (Å²) in [5.41, 5.74) is 0.594. The highest BCUT2D eigenvalue weighted by Gasteiger charge is 2.22. The average molecular weight is 838 g/mol. The van der Waals surface area contributed by atoms with E-state index in [0.717, 1.165) is 6.07 Å². The van der Waals surface area contributed by atoms with E-state index in [1.54, 1.807) is 29.2 Å². The van der Waals surface area contributed by atoms with Crippen molar-refractivity contribution in [3.05, 3.63) is 90.1 Å². The van der Waals surface area contributed by atoms with E-state index in [4.69, 9.17) is 16.2 Å². The zero-order valence-electron chi connectivity index (χ0n) is 27.6. The molecule has 5 aromatic rings. The number of hydrogen-bond donors (Lipinski definition) is 4. The van der Waals surface area contributed by atoms with Gasteiger partial charge in [-0.15, -0.1) is 5.11 Å². The van der Waals surface area contributed by atoms with Gasteiger partial charge in [0, 0.05) is 27.9 Å². The number of aromatic nitrogens is 3. The minimum atomic E-state index is -4.82. The second-order valence-corrected chi connectivity index (χ2v) is 17.1. The molecule has 4 aromatic carbocycles. The van der Waals surface area contributed by atoms with Gasteiger partial charge < -0.3 is 15.3 Å². The predicted octanol–water partition coefficient (Wildman–Crippen LogP) is 5.79. The zero-order chi connectivity index (χ0) is 39.4. The first-order valence-electron chi connectivity index (χ1n) is 15.1. The average Bonchev–Trinajstić information content (AvgIpc) is 3.10. The van der Waals surface area contributed by atoms with E-state index < -0.39 is 64.2 Å². The third-order valence-corrected chi connectivity index (χ3v) is 11.6. The molecule has 18 nitrogen and oxygen atoms in total. The van der Waals surface area contributed by atoms with Gasteiger partial charge in [0.05, 0.1) is 44.8 Å². The van der Waals surface area contributed by atoms with E-state index in [2.05, 4.69) is 41.3 Å². The first-order chi connectivity index (χ1) is 25.4. The van der Waals surface area contributed by atoms with Crippen molar-refractivity contribution >= 4 is 98.2 Å². The number of aromatic hydroxyl groups is 1. The Hall–Kier alpha value is -4.94. The summed E-state index contributed by atoms with van der Waals surface area (Å²) in [5, 5.41) is 23.2. The first kappa shape index (κ1) is 40.2. The molecule has 23 heteroatoms. The van der Waals surface area contributed by atoms with Crippen LogP contribution >= 0.6 is 11.6 Å². The Labute approximate surface area is 316 Å². The molecule has 0 spiro atoms. The quantitative estimate of drug-likeness (QED) is 0.0717. The largest absolute Gasteiger partial charge is 0.505 e. The van der Waals surface area contributed by atoms with Crippen molar-refractivity contribution < 1.29 is 47.9 Å². The van der Waals surface area contributed by atoms with E-state index in [1.165, 1.54) is 47.9 Å². The Balaban J connectivity index is 1.50. The summed E-state index contributed by atoms with van der Waals surface area (Å²) < 4.78 is 106. The molecule has 284 valence electrons. The lowest BCUT2D eigenvalue weighted by Crippen LogP contribution is -2.20. The maximum atomic E-state index is 12.5. The SMILES string of the molecule is C=CS(=O)c1cccc(N(CC)c2nc(Cl)nc(Nc3ccc(S(=O)(=O)O)c4ccc(N=Nc5ccc(S(=O)(=O)CCOS(=O)(=O)O)cc5)c(O)c34)n2)c1. The lowest BCUT2D eigenvalue weighted by Gasteiger charge is -2.22. The van der Waals surface area contributed by atoms with Crippen LogP contribution in [0.15, 0.2) is 110 Å². The van der Waals surface area contributed by atoms with Gasteiger partial charge >= 0.3 is 10.4 Å². The molecule has 0 aliphatic rings. The number of hydrogen-bond acceptors (Lipinski definition) is 16. The molecule has 1 heterocycles. The monoisotopic (exact) mass is 837 g/mol. The zero-order valence-corrected chi connectivity index (χ0v) is 31.7. The molecule has 1 aromatic heterocycles. The minimum absolute atomic E-state index is 0.0547. The number of nitrogens with one attached hydrogen (secondary N) is 1. The van der Waals surface area contributed by atoms with Crippen molar-refractivity contribution in [3.8, 4) is 5.75 Å². The van der Waals surface area contributed by atoms with Gasteiger partial charge in [0.2, 0.25) is 17.2 Å². The molecule has 0 aliphatic heterocycles. The summed E-state index contributed by atoms with van der Waals surface area (Å²) >= 11 is 6.29. The van der Waals surface area contributed by atoms with Crippen LogP contribution in [-0.4, -0.2) is 77.5 Å². The van der Waals surface area contributed by atoms with Crippen LogP contribution < -0.4 is 10.2 Å². The fourth-order valence-corrected chi connectivity index (χ4v) is 7.92. The topological polar surface area (TPSA) is 268 Å². The smallest absolute Gasteiger partial charge is 0.397 e. The van der Waals surface area contributed by atoms with Crippen LogP contribution in [0.5, 0.6) is 5.75 Å². The van der Waals surface area contributed by atoms with Gasteiger partial charge in [-0.3, -0.25) is 9.11 Å². The molecule has 0 bridgehead atoms. The van der Waals surface area contributed by atoms with Crippen molar-refractivity contribution in [2.45, 2.75) is 21.6 Å². The molecule has 54 heavy (non-hydrogen) atoms. The van der Waals surface area contributed by atoms with E-state index in [9.17, 15) is 39.1 Å². The number of anilines is 4. The second kappa shape index (κ2) is 16.2. The Morgan fingerprint density at radius 3 is 2.33 bits per heavy atom. The summed E-state index contributed by atoms with van der Waals surface area (Å²) in [7, 11) is -15.1. The molecule has 0 saturated heterocycles. The van der Waals surface area contributed by atoms with Crippen molar-refractivity contribution in [2.24, 2.45) is 10.2 Å². The number of fused-ring (bicyclic) bond motifs is 1. The van der Waals surface area contributed by atoms with E-state index in [0.29, 0.717) is 17.1 Å². The Kier molecular flexibility index (Phi) is 12.1. The van der Waals surface area contributed by atoms with Gasteiger partial charge in [-0.25, -0.2) is 16.8 Å². The first-order valence-corrected chi connectivity index (χ1v) is 21.2. The summed E-state index contributed by atoms with van der Waals surface area (Å²) in [4.78, 5) is 14.2. The van der Waals surface area contributed by atoms with Crippen LogP contribution in [-0.2, 0) is 45.3 Å². The van der Waals surface area contributed by atoms with Crippen LogP contribution in [0.3, 0.4) is 0 Å². The van der Waals surface area contributed by atoms with Crippen LogP contribution in [0.1, 0.15) is 6.92 Å². The molecule has 0 aliphatic carbocycles. The Morgan fingerprint density at radius 2 is 1.69 bits per heavy atom. The highest BCUT2D eigenvalue weighted by Crippen LogP contribution is 2.43. The van der Waals surface area contributed by atoms with Gasteiger partial charge in [0.25, 0.3) is 10.1 Å². The highest BCUT2D eigenvalue weighted by atomic mass is 35.5. The summed E-state index contributed by atoms with van der Waals surface area (Å²) in [6, 6.07) is 16.5. The fraction of sp³-hybridized carbons (Fsp3) is 0.129. The van der Waals surface area contributed by atoms with Crippen LogP contribution in [0.2, 0.25) is 5.28 Å². The summed E-state index contributed by atoms with van der Waals surface area (Å²) in [5.74, 6) is -1.36. The van der Waals surface area contributed by atoms with Crippen LogP contribution in [0.4, 0.5) is 34.6 Å². The highest BCUT2D eigenvalue weighted by molar-refractivity contribution is 7.91. The van der Waals surface area contributed by atoms with Gasteiger partial charge in [0.15, 0.2) is 15.6 Å². The molecular weight excluding hydrogens is 810 g/mol. The maximum absolute atomic E-state index is 12.5. The summed E-state index contributed by atoms with van der Waals surface area (Å²) in [6.07, 6.45) is 0. The van der Waals surface area contributed by atoms with E-state index in [-0.39, 0.29) is 49.9 Å².